The number of halogens is 1. The van der Waals surface area contributed by atoms with Gasteiger partial charge in [-0.1, -0.05) is 13.3 Å². The molecule has 0 saturated heterocycles. The second-order valence-electron chi connectivity index (χ2n) is 2.60. The quantitative estimate of drug-likeness (QED) is 0.816. The number of nitrogens with zero attached hydrogens (tertiary/aromatic N) is 1. The Labute approximate surface area is 83.2 Å². The zero-order valence-electron chi connectivity index (χ0n) is 7.36. The van der Waals surface area contributed by atoms with E-state index >= 15 is 0 Å². The zero-order valence-corrected chi connectivity index (χ0v) is 8.17. The number of carbonyl (C=O) groups is 1. The molecule has 0 bridgehead atoms. The minimum Gasteiger partial charge on any atom is -0.477 e. The first-order chi connectivity index (χ1) is 5.74. The van der Waals surface area contributed by atoms with Crippen LogP contribution in [0, 0.1) is 0 Å². The topological polar surface area (TPSA) is 50.2 Å². The van der Waals surface area contributed by atoms with Crippen molar-refractivity contribution in [3.8, 4) is 0 Å². The van der Waals surface area contributed by atoms with Crippen LogP contribution < -0.4 is 0 Å². The van der Waals surface area contributed by atoms with Gasteiger partial charge in [-0.2, -0.15) is 0 Å². The molecule has 0 fully saturated rings. The summed E-state index contributed by atoms with van der Waals surface area (Å²) < 4.78 is 0. The number of aryl methyl sites for hydroxylation is 1. The van der Waals surface area contributed by atoms with Gasteiger partial charge in [0.2, 0.25) is 0 Å². The lowest BCUT2D eigenvalue weighted by atomic mass is 10.1. The molecule has 0 radical (unpaired) electrons. The predicted octanol–water partition coefficient (Wildman–Crippen LogP) is 2.15. The molecule has 0 atom stereocenters. The molecule has 3 nitrogen and oxygen atoms in total. The maximum absolute atomic E-state index is 10.5. The summed E-state index contributed by atoms with van der Waals surface area (Å²) in [6.45, 7) is 2.06. The lowest BCUT2D eigenvalue weighted by Crippen LogP contribution is -2.00. The van der Waals surface area contributed by atoms with Crippen LogP contribution in [0.3, 0.4) is 0 Å². The Morgan fingerprint density at radius 1 is 1.62 bits per heavy atom. The first-order valence-electron chi connectivity index (χ1n) is 3.92. The minimum atomic E-state index is -0.965. The number of hydrogen-bond acceptors (Lipinski definition) is 2. The van der Waals surface area contributed by atoms with Gasteiger partial charge in [0.25, 0.3) is 0 Å². The summed E-state index contributed by atoms with van der Waals surface area (Å²) in [5.74, 6) is -0.965. The fourth-order valence-corrected chi connectivity index (χ4v) is 1.04. The highest BCUT2D eigenvalue weighted by Crippen LogP contribution is 2.04. The average molecular weight is 202 g/mol. The number of carboxylic acid groups (broad SMARTS) is 1. The van der Waals surface area contributed by atoms with Crippen molar-refractivity contribution >= 4 is 18.4 Å². The molecular weight excluding hydrogens is 190 g/mol. The standard InChI is InChI=1S/C9H11NO2.ClH/c1-2-3-7-4-5-10-8(6-7)9(11)12;/h4-6H,2-3H2,1H3,(H,11,12);1H. The van der Waals surface area contributed by atoms with E-state index in [0.717, 1.165) is 18.4 Å². The van der Waals surface area contributed by atoms with Crippen LogP contribution in [0.4, 0.5) is 0 Å². The molecule has 0 saturated carbocycles. The summed E-state index contributed by atoms with van der Waals surface area (Å²) >= 11 is 0. The second-order valence-corrected chi connectivity index (χ2v) is 2.60. The molecular formula is C9H12ClNO2. The largest absolute Gasteiger partial charge is 0.477 e. The molecule has 1 rings (SSSR count). The van der Waals surface area contributed by atoms with Crippen molar-refractivity contribution < 1.29 is 9.90 Å². The van der Waals surface area contributed by atoms with Gasteiger partial charge < -0.3 is 5.11 Å². The van der Waals surface area contributed by atoms with Crippen molar-refractivity contribution in [3.05, 3.63) is 29.6 Å². The molecule has 4 heteroatoms. The van der Waals surface area contributed by atoms with Crippen LogP contribution in [0.2, 0.25) is 0 Å². The van der Waals surface area contributed by atoms with E-state index in [1.807, 2.05) is 6.07 Å². The molecule has 0 unspecified atom stereocenters. The number of aromatic nitrogens is 1. The number of rotatable bonds is 3. The Bertz CT molecular complexity index is 289. The average Bonchev–Trinajstić information content (AvgIpc) is 2.05. The van der Waals surface area contributed by atoms with Crippen molar-refractivity contribution in [3.63, 3.8) is 0 Å². The monoisotopic (exact) mass is 201 g/mol. The summed E-state index contributed by atoms with van der Waals surface area (Å²) in [5, 5.41) is 8.61. The van der Waals surface area contributed by atoms with Gasteiger partial charge in [0.1, 0.15) is 5.69 Å². The lowest BCUT2D eigenvalue weighted by molar-refractivity contribution is 0.0690. The fraction of sp³-hybridized carbons (Fsp3) is 0.333. The number of pyridine rings is 1. The number of carboxylic acids is 1. The van der Waals surface area contributed by atoms with Crippen molar-refractivity contribution in [2.75, 3.05) is 0 Å². The Morgan fingerprint density at radius 2 is 2.31 bits per heavy atom. The highest BCUT2D eigenvalue weighted by Gasteiger charge is 2.03. The van der Waals surface area contributed by atoms with E-state index in [1.54, 1.807) is 6.07 Å². The predicted molar refractivity (Wildman–Crippen MR) is 52.4 cm³/mol. The van der Waals surface area contributed by atoms with Crippen LogP contribution in [0.1, 0.15) is 29.4 Å². The molecule has 1 aromatic rings. The Morgan fingerprint density at radius 3 is 2.85 bits per heavy atom. The maximum Gasteiger partial charge on any atom is 0.354 e. The van der Waals surface area contributed by atoms with Crippen LogP contribution in [0.15, 0.2) is 18.3 Å². The van der Waals surface area contributed by atoms with Gasteiger partial charge in [-0.25, -0.2) is 9.78 Å². The van der Waals surface area contributed by atoms with Gasteiger partial charge in [0.05, 0.1) is 0 Å². The van der Waals surface area contributed by atoms with E-state index in [4.69, 9.17) is 5.11 Å². The molecule has 0 aliphatic heterocycles. The highest BCUT2D eigenvalue weighted by molar-refractivity contribution is 5.85. The maximum atomic E-state index is 10.5. The van der Waals surface area contributed by atoms with Crippen LogP contribution in [0.25, 0.3) is 0 Å². The Kier molecular flexibility index (Phi) is 5.07. The third-order valence-electron chi connectivity index (χ3n) is 1.58. The molecule has 0 aliphatic carbocycles. The SMILES string of the molecule is CCCc1ccnc(C(=O)O)c1.Cl. The summed E-state index contributed by atoms with van der Waals surface area (Å²) in [6, 6.07) is 3.46. The molecule has 13 heavy (non-hydrogen) atoms. The first-order valence-corrected chi connectivity index (χ1v) is 3.92. The molecule has 1 N–H and O–H groups in total. The first kappa shape index (κ1) is 11.9. The van der Waals surface area contributed by atoms with Crippen molar-refractivity contribution in [1.29, 1.82) is 0 Å². The van der Waals surface area contributed by atoms with Crippen molar-refractivity contribution in [1.82, 2.24) is 4.98 Å². The van der Waals surface area contributed by atoms with E-state index in [1.165, 1.54) is 6.20 Å². The molecule has 1 heterocycles. The van der Waals surface area contributed by atoms with Crippen LogP contribution >= 0.6 is 12.4 Å². The lowest BCUT2D eigenvalue weighted by Gasteiger charge is -1.98. The smallest absolute Gasteiger partial charge is 0.354 e. The Hall–Kier alpha value is -1.09. The van der Waals surface area contributed by atoms with Crippen molar-refractivity contribution in [2.24, 2.45) is 0 Å². The molecule has 72 valence electrons. The normalized spacial score (nSPS) is 9.00. The summed E-state index contributed by atoms with van der Waals surface area (Å²) in [5.41, 5.74) is 1.16. The van der Waals surface area contributed by atoms with Gasteiger partial charge in [0, 0.05) is 6.20 Å². The molecule has 0 spiro atoms. The third-order valence-corrected chi connectivity index (χ3v) is 1.58. The number of hydrogen-bond donors (Lipinski definition) is 1. The van der Waals surface area contributed by atoms with Gasteiger partial charge in [-0.15, -0.1) is 12.4 Å². The van der Waals surface area contributed by atoms with Crippen LogP contribution in [-0.4, -0.2) is 16.1 Å². The Balaban J connectivity index is 0.00000144. The van der Waals surface area contributed by atoms with Gasteiger partial charge in [0.15, 0.2) is 0 Å². The second kappa shape index (κ2) is 5.54. The molecule has 0 amide bonds. The van der Waals surface area contributed by atoms with Gasteiger partial charge in [-0.3, -0.25) is 0 Å². The van der Waals surface area contributed by atoms with E-state index in [-0.39, 0.29) is 18.1 Å². The van der Waals surface area contributed by atoms with E-state index < -0.39 is 5.97 Å². The van der Waals surface area contributed by atoms with E-state index in [2.05, 4.69) is 11.9 Å². The van der Waals surface area contributed by atoms with Crippen LogP contribution in [-0.2, 0) is 6.42 Å². The number of aromatic carboxylic acids is 1. The van der Waals surface area contributed by atoms with E-state index in [9.17, 15) is 4.79 Å². The van der Waals surface area contributed by atoms with Gasteiger partial charge >= 0.3 is 5.97 Å². The van der Waals surface area contributed by atoms with Crippen LogP contribution in [0.5, 0.6) is 0 Å². The van der Waals surface area contributed by atoms with Crippen molar-refractivity contribution in [2.45, 2.75) is 19.8 Å². The summed E-state index contributed by atoms with van der Waals surface area (Å²) in [6.07, 6.45) is 3.46. The van der Waals surface area contributed by atoms with E-state index in [0.29, 0.717) is 0 Å². The fourth-order valence-electron chi connectivity index (χ4n) is 1.04. The molecule has 0 aliphatic rings. The summed E-state index contributed by atoms with van der Waals surface area (Å²) in [7, 11) is 0. The third kappa shape index (κ3) is 3.42. The summed E-state index contributed by atoms with van der Waals surface area (Å²) in [4.78, 5) is 14.2. The zero-order chi connectivity index (χ0) is 8.97. The highest BCUT2D eigenvalue weighted by atomic mass is 35.5. The minimum absolute atomic E-state index is 0. The molecule has 1 aromatic heterocycles. The van der Waals surface area contributed by atoms with Gasteiger partial charge in [-0.05, 0) is 24.1 Å². The molecule has 0 aromatic carbocycles.